The Balaban J connectivity index is 1.76. The number of carbonyl (C=O) groups excluding carboxylic acids is 1. The van der Waals surface area contributed by atoms with Gasteiger partial charge in [-0.1, -0.05) is 48.5 Å². The minimum atomic E-state index is -1.37. The van der Waals surface area contributed by atoms with E-state index >= 15 is 0 Å². The van der Waals surface area contributed by atoms with E-state index in [1.165, 1.54) is 13.8 Å². The number of nitrogens with one attached hydrogen (secondary N) is 1. The second-order valence-electron chi connectivity index (χ2n) is 6.38. The highest BCUT2D eigenvalue weighted by molar-refractivity contribution is 5.83. The van der Waals surface area contributed by atoms with Crippen LogP contribution in [0.5, 0.6) is 0 Å². The zero-order valence-electron chi connectivity index (χ0n) is 13.6. The highest BCUT2D eigenvalue weighted by Gasteiger charge is 2.32. The number of hydrogen-bond donors (Lipinski definition) is 2. The minimum absolute atomic E-state index is 0.0453. The molecule has 2 aromatic rings. The summed E-state index contributed by atoms with van der Waals surface area (Å²) >= 11 is 0. The first-order chi connectivity index (χ1) is 11.4. The van der Waals surface area contributed by atoms with Crippen molar-refractivity contribution >= 4 is 12.1 Å². The summed E-state index contributed by atoms with van der Waals surface area (Å²) in [6.45, 7) is 2.99. The lowest BCUT2D eigenvalue weighted by Gasteiger charge is -2.21. The fourth-order valence-electron chi connectivity index (χ4n) is 2.94. The molecule has 1 aliphatic rings. The van der Waals surface area contributed by atoms with Gasteiger partial charge in [-0.05, 0) is 36.1 Å². The highest BCUT2D eigenvalue weighted by atomic mass is 16.6. The van der Waals surface area contributed by atoms with Crippen molar-refractivity contribution in [3.63, 3.8) is 0 Å². The third-order valence-electron chi connectivity index (χ3n) is 4.29. The van der Waals surface area contributed by atoms with Crippen molar-refractivity contribution in [2.75, 3.05) is 6.61 Å². The zero-order chi connectivity index (χ0) is 17.3. The molecule has 0 saturated carbocycles. The van der Waals surface area contributed by atoms with E-state index in [2.05, 4.69) is 17.4 Å². The summed E-state index contributed by atoms with van der Waals surface area (Å²) in [6, 6.07) is 16.1. The number of ether oxygens (including phenoxy) is 1. The molecule has 5 heteroatoms. The predicted molar refractivity (Wildman–Crippen MR) is 89.9 cm³/mol. The highest BCUT2D eigenvalue weighted by Crippen LogP contribution is 2.44. The summed E-state index contributed by atoms with van der Waals surface area (Å²) in [6.07, 6.45) is -0.732. The summed E-state index contributed by atoms with van der Waals surface area (Å²) in [5.41, 5.74) is 3.15. The molecule has 0 bridgehead atoms. The summed E-state index contributed by atoms with van der Waals surface area (Å²) in [5.74, 6) is -1.16. The molecule has 124 valence electrons. The predicted octanol–water partition coefficient (Wildman–Crippen LogP) is 3.39. The number of benzene rings is 2. The Kier molecular flexibility index (Phi) is 4.01. The van der Waals surface area contributed by atoms with E-state index in [0.717, 1.165) is 22.3 Å². The largest absolute Gasteiger partial charge is 0.480 e. The van der Waals surface area contributed by atoms with Crippen LogP contribution in [0, 0.1) is 0 Å². The topological polar surface area (TPSA) is 75.6 Å². The Morgan fingerprint density at radius 1 is 1.04 bits per heavy atom. The van der Waals surface area contributed by atoms with Gasteiger partial charge in [-0.3, -0.25) is 0 Å². The summed E-state index contributed by atoms with van der Waals surface area (Å²) < 4.78 is 5.31. The van der Waals surface area contributed by atoms with Crippen LogP contribution in [-0.2, 0) is 9.53 Å². The van der Waals surface area contributed by atoms with Gasteiger partial charge >= 0.3 is 12.1 Å². The molecule has 0 unspecified atom stereocenters. The Hall–Kier alpha value is -2.82. The molecule has 0 fully saturated rings. The van der Waals surface area contributed by atoms with E-state index in [9.17, 15) is 9.59 Å². The van der Waals surface area contributed by atoms with Crippen molar-refractivity contribution in [1.82, 2.24) is 5.32 Å². The molecule has 3 rings (SSSR count). The number of carbonyl (C=O) groups is 2. The third kappa shape index (κ3) is 2.85. The molecule has 0 aromatic heterocycles. The number of aliphatic carboxylic acids is 1. The SMILES string of the molecule is CC(C)([15NH]C(=O)OCC1c2ccccc2-c2ccccc21)C(=O)O. The van der Waals surface area contributed by atoms with Crippen molar-refractivity contribution in [3.05, 3.63) is 59.7 Å². The average Bonchev–Trinajstić information content (AvgIpc) is 2.86. The van der Waals surface area contributed by atoms with E-state index in [-0.39, 0.29) is 12.5 Å². The molecule has 0 aliphatic heterocycles. The first-order valence-electron chi connectivity index (χ1n) is 7.76. The molecule has 5 nitrogen and oxygen atoms in total. The fourth-order valence-corrected chi connectivity index (χ4v) is 2.94. The quantitative estimate of drug-likeness (QED) is 0.845. The van der Waals surface area contributed by atoms with Crippen LogP contribution in [0.15, 0.2) is 48.5 Å². The summed E-state index contributed by atoms with van der Waals surface area (Å²) in [7, 11) is 0. The molecule has 2 N–H and O–H groups in total. The van der Waals surface area contributed by atoms with Crippen LogP contribution in [0.2, 0.25) is 0 Å². The van der Waals surface area contributed by atoms with Crippen LogP contribution < -0.4 is 5.32 Å². The van der Waals surface area contributed by atoms with Gasteiger partial charge < -0.3 is 15.2 Å². The molecule has 1 amide bonds. The number of alkyl carbamates (subject to hydrolysis) is 1. The van der Waals surface area contributed by atoms with Crippen molar-refractivity contribution < 1.29 is 19.4 Å². The number of carboxylic acid groups (broad SMARTS) is 1. The van der Waals surface area contributed by atoms with Crippen LogP contribution in [0.3, 0.4) is 0 Å². The Morgan fingerprint density at radius 3 is 2.04 bits per heavy atom. The standard InChI is InChI=1S/C19H19NO4/c1-19(2,17(21)22)20-18(23)24-11-16-14-9-5-3-7-12(14)13-8-4-6-10-15(13)16/h3-10,16H,11H2,1-2H3,(H,20,23)(H,21,22)/i20+1. The lowest BCUT2D eigenvalue weighted by atomic mass is 9.98. The number of rotatable bonds is 4. The van der Waals surface area contributed by atoms with E-state index in [1.54, 1.807) is 0 Å². The molecular weight excluding hydrogens is 307 g/mol. The zero-order valence-corrected chi connectivity index (χ0v) is 13.6. The van der Waals surface area contributed by atoms with Crippen LogP contribution in [0.25, 0.3) is 11.1 Å². The smallest absolute Gasteiger partial charge is 0.408 e. The normalized spacial score (nSPS) is 13.1. The number of carboxylic acids is 1. The Morgan fingerprint density at radius 2 is 1.54 bits per heavy atom. The van der Waals surface area contributed by atoms with Crippen molar-refractivity contribution in [2.45, 2.75) is 25.3 Å². The van der Waals surface area contributed by atoms with E-state index in [4.69, 9.17) is 9.84 Å². The van der Waals surface area contributed by atoms with E-state index in [0.29, 0.717) is 0 Å². The van der Waals surface area contributed by atoms with Gasteiger partial charge in [0.2, 0.25) is 0 Å². The van der Waals surface area contributed by atoms with E-state index in [1.807, 2.05) is 36.4 Å². The summed E-state index contributed by atoms with van der Waals surface area (Å²) in [4.78, 5) is 23.0. The minimum Gasteiger partial charge on any atom is -0.480 e. The lowest BCUT2D eigenvalue weighted by molar-refractivity contribution is -0.143. The molecule has 0 spiro atoms. The van der Waals surface area contributed by atoms with Gasteiger partial charge in [0.15, 0.2) is 0 Å². The molecule has 0 radical (unpaired) electrons. The van der Waals surface area contributed by atoms with Gasteiger partial charge in [0, 0.05) is 5.92 Å². The van der Waals surface area contributed by atoms with E-state index < -0.39 is 17.6 Å². The van der Waals surface area contributed by atoms with Crippen LogP contribution in [-0.4, -0.2) is 29.3 Å². The van der Waals surface area contributed by atoms with Gasteiger partial charge in [-0.15, -0.1) is 0 Å². The average molecular weight is 326 g/mol. The Bertz CT molecular complexity index is 752. The third-order valence-corrected chi connectivity index (χ3v) is 4.29. The monoisotopic (exact) mass is 326 g/mol. The number of hydrogen-bond acceptors (Lipinski definition) is 3. The van der Waals surface area contributed by atoms with Gasteiger partial charge in [-0.2, -0.15) is 0 Å². The molecule has 0 atom stereocenters. The van der Waals surface area contributed by atoms with Gasteiger partial charge in [-0.25, -0.2) is 9.59 Å². The van der Waals surface area contributed by atoms with Gasteiger partial charge in [0.1, 0.15) is 12.1 Å². The van der Waals surface area contributed by atoms with Gasteiger partial charge in [0.25, 0.3) is 0 Å². The second kappa shape index (κ2) is 6.00. The van der Waals surface area contributed by atoms with Crippen molar-refractivity contribution in [1.29, 1.82) is 0 Å². The van der Waals surface area contributed by atoms with Crippen LogP contribution in [0.4, 0.5) is 4.79 Å². The number of fused-ring (bicyclic) bond motifs is 3. The van der Waals surface area contributed by atoms with Crippen molar-refractivity contribution in [3.8, 4) is 11.1 Å². The fraction of sp³-hybridized carbons (Fsp3) is 0.263. The Labute approximate surface area is 140 Å². The molecule has 0 saturated heterocycles. The lowest BCUT2D eigenvalue weighted by Crippen LogP contribution is -2.50. The molecule has 2 aromatic carbocycles. The van der Waals surface area contributed by atoms with Gasteiger partial charge in [0.05, 0.1) is 0 Å². The maximum absolute atomic E-state index is 11.9. The maximum atomic E-state index is 11.9. The molecule has 1 aliphatic carbocycles. The van der Waals surface area contributed by atoms with Crippen LogP contribution in [0.1, 0.15) is 30.9 Å². The number of amides is 1. The molecule has 0 heterocycles. The van der Waals surface area contributed by atoms with Crippen molar-refractivity contribution in [2.24, 2.45) is 0 Å². The first-order valence-corrected chi connectivity index (χ1v) is 7.76. The maximum Gasteiger partial charge on any atom is 0.408 e. The summed E-state index contributed by atoms with van der Waals surface area (Å²) in [5, 5.41) is 11.4. The second-order valence-corrected chi connectivity index (χ2v) is 6.38. The molecular formula is C19H19NO4. The molecule has 24 heavy (non-hydrogen) atoms. The van der Waals surface area contributed by atoms with Crippen LogP contribution >= 0.6 is 0 Å². The first kappa shape index (κ1) is 16.1.